The Hall–Kier alpha value is -1.18. The van der Waals surface area contributed by atoms with E-state index in [1.165, 1.54) is 23.5 Å². The van der Waals surface area contributed by atoms with Crippen molar-refractivity contribution in [1.82, 2.24) is 4.98 Å². The monoisotopic (exact) mass is 391 g/mol. The highest BCUT2D eigenvalue weighted by Crippen LogP contribution is 2.23. The van der Waals surface area contributed by atoms with Gasteiger partial charge in [-0.1, -0.05) is 23.5 Å². The van der Waals surface area contributed by atoms with Crippen molar-refractivity contribution >= 4 is 49.1 Å². The third-order valence-electron chi connectivity index (χ3n) is 2.00. The van der Waals surface area contributed by atoms with Gasteiger partial charge >= 0.3 is 0 Å². The highest BCUT2D eigenvalue weighted by Gasteiger charge is 2.19. The standard InChI is InChI=1S/C10H6IN3O2S2/c11-9-6-13-10(17-9)14-18(15,16)8-4-2-1-3-7(8)5-12/h1-4,6H,(H,13,14). The zero-order valence-corrected chi connectivity index (χ0v) is 12.6. The van der Waals surface area contributed by atoms with Gasteiger partial charge in [-0.05, 0) is 34.7 Å². The lowest BCUT2D eigenvalue weighted by Gasteiger charge is -2.06. The Morgan fingerprint density at radius 3 is 2.72 bits per heavy atom. The third-order valence-corrected chi connectivity index (χ3v) is 5.16. The number of sulfonamides is 1. The Kier molecular flexibility index (Phi) is 3.84. The minimum Gasteiger partial charge on any atom is -0.255 e. The van der Waals surface area contributed by atoms with Gasteiger partial charge in [-0.25, -0.2) is 13.4 Å². The van der Waals surface area contributed by atoms with E-state index in [9.17, 15) is 8.42 Å². The highest BCUT2D eigenvalue weighted by molar-refractivity contribution is 14.1. The van der Waals surface area contributed by atoms with Gasteiger partial charge in [-0.15, -0.1) is 0 Å². The molecule has 0 bridgehead atoms. The second-order valence-corrected chi connectivity index (χ2v) is 7.76. The molecular formula is C10H6IN3O2S2. The van der Waals surface area contributed by atoms with E-state index in [0.717, 1.165) is 2.88 Å². The number of nitrogens with one attached hydrogen (secondary N) is 1. The van der Waals surface area contributed by atoms with E-state index in [0.29, 0.717) is 0 Å². The predicted molar refractivity (Wildman–Crippen MR) is 76.8 cm³/mol. The van der Waals surface area contributed by atoms with Crippen molar-refractivity contribution in [1.29, 1.82) is 5.26 Å². The van der Waals surface area contributed by atoms with E-state index in [-0.39, 0.29) is 15.6 Å². The molecule has 18 heavy (non-hydrogen) atoms. The van der Waals surface area contributed by atoms with E-state index >= 15 is 0 Å². The molecule has 0 radical (unpaired) electrons. The average Bonchev–Trinajstić information content (AvgIpc) is 2.74. The number of aromatic nitrogens is 1. The quantitative estimate of drug-likeness (QED) is 0.815. The lowest BCUT2D eigenvalue weighted by atomic mass is 10.2. The average molecular weight is 391 g/mol. The second-order valence-electron chi connectivity index (χ2n) is 3.18. The summed E-state index contributed by atoms with van der Waals surface area (Å²) in [7, 11) is -3.77. The molecule has 0 saturated heterocycles. The summed E-state index contributed by atoms with van der Waals surface area (Å²) in [4.78, 5) is 3.88. The predicted octanol–water partition coefficient (Wildman–Crippen LogP) is 2.42. The highest BCUT2D eigenvalue weighted by atomic mass is 127. The molecule has 92 valence electrons. The van der Waals surface area contributed by atoms with Gasteiger partial charge in [0.1, 0.15) is 11.0 Å². The maximum atomic E-state index is 12.1. The van der Waals surface area contributed by atoms with Crippen LogP contribution in [0.5, 0.6) is 0 Å². The van der Waals surface area contributed by atoms with Crippen molar-refractivity contribution in [2.45, 2.75) is 4.90 Å². The first kappa shape index (κ1) is 13.3. The maximum absolute atomic E-state index is 12.1. The zero-order chi connectivity index (χ0) is 13.2. The molecule has 0 aliphatic heterocycles. The molecule has 0 spiro atoms. The van der Waals surface area contributed by atoms with Crippen LogP contribution in [0.3, 0.4) is 0 Å². The van der Waals surface area contributed by atoms with Crippen molar-refractivity contribution < 1.29 is 8.42 Å². The fourth-order valence-corrected chi connectivity index (χ4v) is 3.97. The molecule has 1 aromatic carbocycles. The van der Waals surface area contributed by atoms with Crippen LogP contribution in [0.4, 0.5) is 5.13 Å². The molecular weight excluding hydrogens is 385 g/mol. The van der Waals surface area contributed by atoms with E-state index < -0.39 is 10.0 Å². The molecule has 0 unspecified atom stereocenters. The Labute approximate surface area is 122 Å². The lowest BCUT2D eigenvalue weighted by Crippen LogP contribution is -2.14. The van der Waals surface area contributed by atoms with Crippen LogP contribution in [0.1, 0.15) is 5.56 Å². The number of hydrogen-bond acceptors (Lipinski definition) is 5. The van der Waals surface area contributed by atoms with Crippen LogP contribution < -0.4 is 4.72 Å². The molecule has 0 fully saturated rings. The van der Waals surface area contributed by atoms with Gasteiger partial charge in [0, 0.05) is 0 Å². The van der Waals surface area contributed by atoms with Crippen LogP contribution in [-0.2, 0) is 10.0 Å². The fourth-order valence-electron chi connectivity index (χ4n) is 1.26. The Morgan fingerprint density at radius 2 is 2.11 bits per heavy atom. The zero-order valence-electron chi connectivity index (χ0n) is 8.79. The first-order valence-electron chi connectivity index (χ1n) is 4.66. The van der Waals surface area contributed by atoms with Crippen molar-refractivity contribution in [3.63, 3.8) is 0 Å². The molecule has 0 amide bonds. The number of nitrogens with zero attached hydrogens (tertiary/aromatic N) is 2. The van der Waals surface area contributed by atoms with E-state index in [1.807, 2.05) is 28.7 Å². The van der Waals surface area contributed by atoms with Crippen LogP contribution >= 0.6 is 33.9 Å². The lowest BCUT2D eigenvalue weighted by molar-refractivity contribution is 0.601. The summed E-state index contributed by atoms with van der Waals surface area (Å²) in [6.07, 6.45) is 1.57. The van der Waals surface area contributed by atoms with Gasteiger partial charge < -0.3 is 0 Å². The molecule has 5 nitrogen and oxygen atoms in total. The van der Waals surface area contributed by atoms with Gasteiger partial charge in [0.25, 0.3) is 10.0 Å². The number of nitriles is 1. The van der Waals surface area contributed by atoms with Crippen molar-refractivity contribution in [3.8, 4) is 6.07 Å². The van der Waals surface area contributed by atoms with Gasteiger partial charge in [-0.3, -0.25) is 4.72 Å². The summed E-state index contributed by atoms with van der Waals surface area (Å²) in [5, 5.41) is 9.18. The summed E-state index contributed by atoms with van der Waals surface area (Å²) >= 11 is 3.27. The minimum absolute atomic E-state index is 0.0438. The first-order valence-corrected chi connectivity index (χ1v) is 8.04. The molecule has 0 aliphatic rings. The van der Waals surface area contributed by atoms with Gasteiger partial charge in [0.2, 0.25) is 0 Å². The molecule has 1 heterocycles. The van der Waals surface area contributed by atoms with Crippen LogP contribution in [-0.4, -0.2) is 13.4 Å². The van der Waals surface area contributed by atoms with Gasteiger partial charge in [0.15, 0.2) is 5.13 Å². The summed E-state index contributed by atoms with van der Waals surface area (Å²) < 4.78 is 27.4. The van der Waals surface area contributed by atoms with Crippen LogP contribution in [0, 0.1) is 14.2 Å². The number of rotatable bonds is 3. The smallest absolute Gasteiger partial charge is 0.255 e. The van der Waals surface area contributed by atoms with Crippen molar-refractivity contribution in [3.05, 3.63) is 38.9 Å². The van der Waals surface area contributed by atoms with E-state index in [1.54, 1.807) is 18.3 Å². The summed E-state index contributed by atoms with van der Waals surface area (Å²) in [6.45, 7) is 0. The largest absolute Gasteiger partial charge is 0.264 e. The molecule has 0 atom stereocenters. The number of hydrogen-bond donors (Lipinski definition) is 1. The van der Waals surface area contributed by atoms with E-state index in [2.05, 4.69) is 9.71 Å². The van der Waals surface area contributed by atoms with Gasteiger partial charge in [0.05, 0.1) is 14.6 Å². The molecule has 1 aromatic heterocycles. The Morgan fingerprint density at radius 1 is 1.39 bits per heavy atom. The number of benzene rings is 1. The summed E-state index contributed by atoms with van der Waals surface area (Å²) in [5.41, 5.74) is 0.108. The molecule has 2 rings (SSSR count). The van der Waals surface area contributed by atoms with Crippen LogP contribution in [0.15, 0.2) is 35.4 Å². The molecule has 0 saturated carbocycles. The van der Waals surface area contributed by atoms with Gasteiger partial charge in [-0.2, -0.15) is 5.26 Å². The molecule has 1 N–H and O–H groups in total. The van der Waals surface area contributed by atoms with Crippen molar-refractivity contribution in [2.24, 2.45) is 0 Å². The topological polar surface area (TPSA) is 82.8 Å². The Bertz CT molecular complexity index is 719. The van der Waals surface area contributed by atoms with Crippen molar-refractivity contribution in [2.75, 3.05) is 4.72 Å². The number of thiazole rings is 1. The Balaban J connectivity index is 2.40. The minimum atomic E-state index is -3.77. The maximum Gasteiger partial charge on any atom is 0.264 e. The number of halogens is 1. The first-order chi connectivity index (χ1) is 8.53. The molecule has 0 aliphatic carbocycles. The SMILES string of the molecule is N#Cc1ccccc1S(=O)(=O)Nc1ncc(I)s1. The van der Waals surface area contributed by atoms with Crippen LogP contribution in [0.25, 0.3) is 0 Å². The number of anilines is 1. The second kappa shape index (κ2) is 5.21. The van der Waals surface area contributed by atoms with Crippen LogP contribution in [0.2, 0.25) is 0 Å². The third kappa shape index (κ3) is 2.80. The summed E-state index contributed by atoms with van der Waals surface area (Å²) in [5.74, 6) is 0. The summed E-state index contributed by atoms with van der Waals surface area (Å²) in [6, 6.07) is 7.89. The molecule has 8 heteroatoms. The normalized spacial score (nSPS) is 10.9. The molecule has 2 aromatic rings. The van der Waals surface area contributed by atoms with E-state index in [4.69, 9.17) is 5.26 Å². The fraction of sp³-hybridized carbons (Fsp3) is 0.